The molecule has 6 heteroatoms. The second-order valence-electron chi connectivity index (χ2n) is 4.40. The summed E-state index contributed by atoms with van der Waals surface area (Å²) < 4.78 is 0. The van der Waals surface area contributed by atoms with Crippen LogP contribution in [-0.2, 0) is 11.3 Å². The fraction of sp³-hybridized carbons (Fsp3) is 0.0625. The lowest BCUT2D eigenvalue weighted by atomic mass is 10.2. The Hall–Kier alpha value is -3.33. The van der Waals surface area contributed by atoms with E-state index < -0.39 is 5.91 Å². The van der Waals surface area contributed by atoms with E-state index in [1.54, 1.807) is 30.6 Å². The van der Waals surface area contributed by atoms with Gasteiger partial charge in [-0.25, -0.2) is 0 Å². The smallest absolute Gasteiger partial charge is 0.263 e. The highest BCUT2D eigenvalue weighted by molar-refractivity contribution is 5.97. The van der Waals surface area contributed by atoms with Crippen LogP contribution in [0, 0.1) is 11.3 Å². The van der Waals surface area contributed by atoms with Crippen molar-refractivity contribution in [2.45, 2.75) is 6.54 Å². The number of aromatic hydroxyl groups is 1. The highest BCUT2D eigenvalue weighted by Gasteiger charge is 2.08. The van der Waals surface area contributed by atoms with Crippen LogP contribution in [-0.4, -0.2) is 16.0 Å². The van der Waals surface area contributed by atoms with E-state index in [0.29, 0.717) is 12.2 Å². The van der Waals surface area contributed by atoms with Gasteiger partial charge in [0.05, 0.1) is 0 Å². The number of hydrogen-bond donors (Lipinski definition) is 3. The minimum Gasteiger partial charge on any atom is -0.508 e. The number of carbonyl (C=O) groups is 1. The Morgan fingerprint density at radius 1 is 1.32 bits per heavy atom. The van der Waals surface area contributed by atoms with Crippen LogP contribution in [0.15, 0.2) is 60.6 Å². The number of aromatic nitrogens is 1. The standard InChI is InChI=1S/C16H14N4O2/c17-8-13(11-19-14-3-5-15(21)6-4-14)16(22)20-10-12-2-1-7-18-9-12/h1-7,9,11,19,21H,10H2,(H,20,22)/b13-11-. The summed E-state index contributed by atoms with van der Waals surface area (Å²) in [6.45, 7) is 0.297. The highest BCUT2D eigenvalue weighted by atomic mass is 16.3. The van der Waals surface area contributed by atoms with Gasteiger partial charge in [0.25, 0.3) is 5.91 Å². The first-order valence-electron chi connectivity index (χ1n) is 6.52. The quantitative estimate of drug-likeness (QED) is 0.444. The summed E-state index contributed by atoms with van der Waals surface area (Å²) >= 11 is 0. The van der Waals surface area contributed by atoms with Gasteiger partial charge in [-0.05, 0) is 35.9 Å². The molecule has 1 aromatic heterocycles. The van der Waals surface area contributed by atoms with Crippen LogP contribution in [0.3, 0.4) is 0 Å². The molecule has 0 aliphatic rings. The Kier molecular flexibility index (Phi) is 5.10. The minimum atomic E-state index is -0.474. The van der Waals surface area contributed by atoms with E-state index >= 15 is 0 Å². The highest BCUT2D eigenvalue weighted by Crippen LogP contribution is 2.13. The van der Waals surface area contributed by atoms with Crippen molar-refractivity contribution < 1.29 is 9.90 Å². The zero-order valence-corrected chi connectivity index (χ0v) is 11.7. The number of nitriles is 1. The summed E-state index contributed by atoms with van der Waals surface area (Å²) in [4.78, 5) is 15.9. The molecule has 110 valence electrons. The van der Waals surface area contributed by atoms with E-state index in [1.807, 2.05) is 12.1 Å². The number of anilines is 1. The molecule has 0 unspecified atom stereocenters. The van der Waals surface area contributed by atoms with E-state index in [4.69, 9.17) is 5.26 Å². The maximum atomic E-state index is 11.9. The van der Waals surface area contributed by atoms with Crippen molar-refractivity contribution in [1.29, 1.82) is 5.26 Å². The number of benzene rings is 1. The zero-order chi connectivity index (χ0) is 15.8. The average molecular weight is 294 g/mol. The number of amides is 1. The number of nitrogens with zero attached hydrogens (tertiary/aromatic N) is 2. The fourth-order valence-electron chi connectivity index (χ4n) is 1.64. The first kappa shape index (κ1) is 15.1. The van der Waals surface area contributed by atoms with Gasteiger partial charge >= 0.3 is 0 Å². The molecule has 1 aromatic carbocycles. The van der Waals surface area contributed by atoms with Crippen molar-refractivity contribution in [2.24, 2.45) is 0 Å². The van der Waals surface area contributed by atoms with Crippen LogP contribution in [0.1, 0.15) is 5.56 Å². The van der Waals surface area contributed by atoms with Crippen molar-refractivity contribution in [1.82, 2.24) is 10.3 Å². The van der Waals surface area contributed by atoms with Gasteiger partial charge in [-0.1, -0.05) is 6.07 Å². The van der Waals surface area contributed by atoms with E-state index in [-0.39, 0.29) is 11.3 Å². The van der Waals surface area contributed by atoms with E-state index in [9.17, 15) is 9.90 Å². The van der Waals surface area contributed by atoms with Gasteiger partial charge in [0.2, 0.25) is 0 Å². The number of nitrogens with one attached hydrogen (secondary N) is 2. The molecule has 6 nitrogen and oxygen atoms in total. The SMILES string of the molecule is N#C/C(=C/Nc1ccc(O)cc1)C(=O)NCc1cccnc1. The summed E-state index contributed by atoms with van der Waals surface area (Å²) in [7, 11) is 0. The third-order valence-electron chi connectivity index (χ3n) is 2.79. The molecule has 0 saturated carbocycles. The van der Waals surface area contributed by atoms with Gasteiger partial charge < -0.3 is 15.7 Å². The maximum absolute atomic E-state index is 11.9. The van der Waals surface area contributed by atoms with Crippen molar-refractivity contribution in [2.75, 3.05) is 5.32 Å². The van der Waals surface area contributed by atoms with Gasteiger partial charge in [0.1, 0.15) is 17.4 Å². The molecule has 0 fully saturated rings. The zero-order valence-electron chi connectivity index (χ0n) is 11.7. The third-order valence-corrected chi connectivity index (χ3v) is 2.79. The molecular formula is C16H14N4O2. The molecule has 0 atom stereocenters. The summed E-state index contributed by atoms with van der Waals surface area (Å²) in [5.41, 5.74) is 1.46. The topological polar surface area (TPSA) is 98.0 Å². The molecule has 0 bridgehead atoms. The number of rotatable bonds is 5. The molecule has 2 rings (SSSR count). The molecule has 0 radical (unpaired) electrons. The number of phenols is 1. The summed E-state index contributed by atoms with van der Waals surface area (Å²) in [5.74, 6) is -0.332. The average Bonchev–Trinajstić information content (AvgIpc) is 2.56. The summed E-state index contributed by atoms with van der Waals surface area (Å²) in [5, 5.41) is 23.7. The van der Waals surface area contributed by atoms with Crippen molar-refractivity contribution in [3.63, 3.8) is 0 Å². The Balaban J connectivity index is 1.95. The van der Waals surface area contributed by atoms with E-state index in [1.165, 1.54) is 18.3 Å². The van der Waals surface area contributed by atoms with Crippen LogP contribution in [0.25, 0.3) is 0 Å². The van der Waals surface area contributed by atoms with E-state index in [2.05, 4.69) is 15.6 Å². The Morgan fingerprint density at radius 2 is 2.09 bits per heavy atom. The lowest BCUT2D eigenvalue weighted by Crippen LogP contribution is -2.24. The molecule has 3 N–H and O–H groups in total. The molecule has 0 aliphatic heterocycles. The normalized spacial score (nSPS) is 10.6. The van der Waals surface area contributed by atoms with Crippen LogP contribution in [0.5, 0.6) is 5.75 Å². The molecular weight excluding hydrogens is 280 g/mol. The molecule has 1 heterocycles. The maximum Gasteiger partial charge on any atom is 0.263 e. The lowest BCUT2D eigenvalue weighted by Gasteiger charge is -2.05. The van der Waals surface area contributed by atoms with Crippen LogP contribution < -0.4 is 10.6 Å². The van der Waals surface area contributed by atoms with Crippen LogP contribution >= 0.6 is 0 Å². The molecule has 0 aliphatic carbocycles. The van der Waals surface area contributed by atoms with Crippen molar-refractivity contribution in [3.05, 3.63) is 66.1 Å². The fourth-order valence-corrected chi connectivity index (χ4v) is 1.64. The molecule has 22 heavy (non-hydrogen) atoms. The van der Waals surface area contributed by atoms with Crippen LogP contribution in [0.4, 0.5) is 5.69 Å². The number of phenolic OH excluding ortho intramolecular Hbond substituents is 1. The van der Waals surface area contributed by atoms with Crippen LogP contribution in [0.2, 0.25) is 0 Å². The minimum absolute atomic E-state index is 0.0445. The first-order chi connectivity index (χ1) is 10.7. The second-order valence-corrected chi connectivity index (χ2v) is 4.40. The van der Waals surface area contributed by atoms with Gasteiger partial charge in [0, 0.05) is 30.8 Å². The summed E-state index contributed by atoms with van der Waals surface area (Å²) in [6.07, 6.45) is 4.61. The second kappa shape index (κ2) is 7.45. The predicted molar refractivity (Wildman–Crippen MR) is 81.5 cm³/mol. The van der Waals surface area contributed by atoms with Crippen molar-refractivity contribution >= 4 is 11.6 Å². The molecule has 0 saturated heterocycles. The third kappa shape index (κ3) is 4.35. The Morgan fingerprint density at radius 3 is 2.73 bits per heavy atom. The monoisotopic (exact) mass is 294 g/mol. The molecule has 2 aromatic rings. The van der Waals surface area contributed by atoms with Gasteiger partial charge in [-0.3, -0.25) is 9.78 Å². The molecule has 0 spiro atoms. The number of pyridine rings is 1. The van der Waals surface area contributed by atoms with Gasteiger partial charge in [-0.15, -0.1) is 0 Å². The lowest BCUT2D eigenvalue weighted by molar-refractivity contribution is -0.117. The van der Waals surface area contributed by atoms with Gasteiger partial charge in [0.15, 0.2) is 0 Å². The largest absolute Gasteiger partial charge is 0.508 e. The van der Waals surface area contributed by atoms with Gasteiger partial charge in [-0.2, -0.15) is 5.26 Å². The van der Waals surface area contributed by atoms with E-state index in [0.717, 1.165) is 5.56 Å². The number of hydrogen-bond acceptors (Lipinski definition) is 5. The van der Waals surface area contributed by atoms with Crippen molar-refractivity contribution in [3.8, 4) is 11.8 Å². The Labute approximate surface area is 127 Å². The summed E-state index contributed by atoms with van der Waals surface area (Å²) in [6, 6.07) is 11.7. The Bertz CT molecular complexity index is 703. The predicted octanol–water partition coefficient (Wildman–Crippen LogP) is 1.92. The number of carbonyl (C=O) groups excluding carboxylic acids is 1. The first-order valence-corrected chi connectivity index (χ1v) is 6.52. The molecule has 1 amide bonds.